The number of thiazole rings is 1. The first-order valence-corrected chi connectivity index (χ1v) is 10.2. The highest BCUT2D eigenvalue weighted by molar-refractivity contribution is 7.13. The summed E-state index contributed by atoms with van der Waals surface area (Å²) in [6, 6.07) is 6.99. The maximum absolute atomic E-state index is 12.7. The van der Waals surface area contributed by atoms with Crippen LogP contribution in [-0.2, 0) is 24.1 Å². The monoisotopic (exact) mass is 416 g/mol. The van der Waals surface area contributed by atoms with Crippen molar-refractivity contribution in [1.82, 2.24) is 15.2 Å². The van der Waals surface area contributed by atoms with Crippen molar-refractivity contribution in [2.24, 2.45) is 16.5 Å². The average molecular weight is 417 g/mol. The number of likely N-dealkylation sites (N-methyl/N-ethyl adjacent to an activating group) is 1. The van der Waals surface area contributed by atoms with Crippen molar-refractivity contribution in [2.75, 3.05) is 14.1 Å². The van der Waals surface area contributed by atoms with Crippen LogP contribution in [-0.4, -0.2) is 47.8 Å². The highest BCUT2D eigenvalue weighted by Crippen LogP contribution is 2.22. The number of amides is 2. The summed E-state index contributed by atoms with van der Waals surface area (Å²) in [5.41, 5.74) is 13.3. The van der Waals surface area contributed by atoms with E-state index < -0.39 is 6.04 Å². The first-order valence-electron chi connectivity index (χ1n) is 9.40. The molecule has 0 saturated heterocycles. The van der Waals surface area contributed by atoms with Gasteiger partial charge in [0.25, 0.3) is 5.91 Å². The zero-order valence-corrected chi connectivity index (χ0v) is 18.0. The Bertz CT molecular complexity index is 885. The van der Waals surface area contributed by atoms with E-state index in [1.54, 1.807) is 21.0 Å². The fraction of sp³-hybridized carbons (Fsp3) is 0.400. The molecule has 8 nitrogen and oxygen atoms in total. The number of aliphatic imine (C=N–C) groups is 1. The number of nitrogens with two attached hydrogens (primary N) is 2. The molecule has 2 amide bonds. The van der Waals surface area contributed by atoms with Crippen molar-refractivity contribution in [1.29, 1.82) is 0 Å². The number of benzene rings is 1. The summed E-state index contributed by atoms with van der Waals surface area (Å²) in [5.74, 6) is -0.394. The number of carbonyl (C=O) groups excluding carboxylic acids is 2. The van der Waals surface area contributed by atoms with Gasteiger partial charge in [0.1, 0.15) is 10.9 Å². The standard InChI is InChI=1S/C20H28N6O2S/c1-5-16-25-15(11-8-13-6-9-14(10-7-13)24-20(21)22)17(29-16)18(27)23-12(2)19(28)26(3)4/h6-7,9-10,12H,5,8,11H2,1-4H3,(H,23,27)(H4,21,22,24)/t12-/m0/s1. The number of aryl methyl sites for hydroxylation is 3. The lowest BCUT2D eigenvalue weighted by Crippen LogP contribution is -2.44. The van der Waals surface area contributed by atoms with Crippen LogP contribution in [0.4, 0.5) is 5.69 Å². The maximum Gasteiger partial charge on any atom is 0.263 e. The van der Waals surface area contributed by atoms with E-state index in [0.29, 0.717) is 17.0 Å². The molecule has 0 aliphatic heterocycles. The number of rotatable bonds is 8. The summed E-state index contributed by atoms with van der Waals surface area (Å²) < 4.78 is 0. The largest absolute Gasteiger partial charge is 0.370 e. The van der Waals surface area contributed by atoms with Crippen LogP contribution in [0, 0.1) is 0 Å². The van der Waals surface area contributed by atoms with Gasteiger partial charge in [0.15, 0.2) is 5.96 Å². The minimum absolute atomic E-state index is 0.0185. The van der Waals surface area contributed by atoms with Crippen LogP contribution >= 0.6 is 11.3 Å². The molecular formula is C20H28N6O2S. The second-order valence-corrected chi connectivity index (χ2v) is 7.95. The summed E-state index contributed by atoms with van der Waals surface area (Å²) in [5, 5.41) is 3.68. The van der Waals surface area contributed by atoms with E-state index in [1.807, 2.05) is 31.2 Å². The van der Waals surface area contributed by atoms with E-state index in [2.05, 4.69) is 15.3 Å². The van der Waals surface area contributed by atoms with Gasteiger partial charge in [-0.25, -0.2) is 9.98 Å². The first kappa shape index (κ1) is 22.4. The van der Waals surface area contributed by atoms with E-state index in [4.69, 9.17) is 11.5 Å². The zero-order chi connectivity index (χ0) is 21.6. The summed E-state index contributed by atoms with van der Waals surface area (Å²) in [4.78, 5) is 35.4. The van der Waals surface area contributed by atoms with Crippen LogP contribution in [0.25, 0.3) is 0 Å². The molecular weight excluding hydrogens is 388 g/mol. The fourth-order valence-electron chi connectivity index (χ4n) is 2.76. The van der Waals surface area contributed by atoms with Gasteiger partial charge in [-0.1, -0.05) is 19.1 Å². The van der Waals surface area contributed by atoms with Gasteiger partial charge in [-0.3, -0.25) is 9.59 Å². The summed E-state index contributed by atoms with van der Waals surface area (Å²) in [6.07, 6.45) is 2.10. The minimum Gasteiger partial charge on any atom is -0.370 e. The van der Waals surface area contributed by atoms with E-state index in [1.165, 1.54) is 16.2 Å². The van der Waals surface area contributed by atoms with Crippen molar-refractivity contribution >= 4 is 34.8 Å². The van der Waals surface area contributed by atoms with Gasteiger partial charge in [0.05, 0.1) is 16.4 Å². The molecule has 1 heterocycles. The Balaban J connectivity index is 2.11. The van der Waals surface area contributed by atoms with Crippen molar-refractivity contribution in [2.45, 2.75) is 39.2 Å². The van der Waals surface area contributed by atoms with Crippen LogP contribution in [0.1, 0.15) is 39.8 Å². The van der Waals surface area contributed by atoms with Crippen LogP contribution in [0.5, 0.6) is 0 Å². The second kappa shape index (κ2) is 10.0. The molecule has 0 unspecified atom stereocenters. The highest BCUT2D eigenvalue weighted by Gasteiger charge is 2.22. The van der Waals surface area contributed by atoms with Crippen LogP contribution < -0.4 is 16.8 Å². The molecule has 1 aromatic heterocycles. The Morgan fingerprint density at radius 3 is 2.41 bits per heavy atom. The van der Waals surface area contributed by atoms with Crippen molar-refractivity contribution in [3.05, 3.63) is 45.4 Å². The van der Waals surface area contributed by atoms with E-state index in [-0.39, 0.29) is 17.8 Å². The molecule has 1 atom stereocenters. The molecule has 29 heavy (non-hydrogen) atoms. The SMILES string of the molecule is CCc1nc(CCc2ccc(N=C(N)N)cc2)c(C(=O)N[C@@H](C)C(=O)N(C)C)s1. The molecule has 0 bridgehead atoms. The molecule has 0 radical (unpaired) electrons. The maximum atomic E-state index is 12.7. The topological polar surface area (TPSA) is 127 Å². The first-order chi connectivity index (χ1) is 13.7. The minimum atomic E-state index is -0.597. The molecule has 2 aromatic rings. The molecule has 9 heteroatoms. The second-order valence-electron chi connectivity index (χ2n) is 6.87. The number of carbonyl (C=O) groups is 2. The Labute approximate surface area is 175 Å². The molecule has 0 saturated carbocycles. The van der Waals surface area contributed by atoms with Gasteiger partial charge in [-0.2, -0.15) is 0 Å². The number of hydrogen-bond acceptors (Lipinski definition) is 5. The van der Waals surface area contributed by atoms with Gasteiger partial charge < -0.3 is 21.7 Å². The lowest BCUT2D eigenvalue weighted by atomic mass is 10.1. The van der Waals surface area contributed by atoms with Gasteiger partial charge in [0, 0.05) is 14.1 Å². The Morgan fingerprint density at radius 2 is 1.86 bits per heavy atom. The third-order valence-electron chi connectivity index (χ3n) is 4.25. The number of guanidine groups is 1. The van der Waals surface area contributed by atoms with E-state index in [9.17, 15) is 9.59 Å². The molecule has 0 spiro atoms. The van der Waals surface area contributed by atoms with Crippen molar-refractivity contribution in [3.8, 4) is 0 Å². The van der Waals surface area contributed by atoms with Crippen LogP contribution in [0.15, 0.2) is 29.3 Å². The Morgan fingerprint density at radius 1 is 1.21 bits per heavy atom. The smallest absolute Gasteiger partial charge is 0.263 e. The molecule has 2 rings (SSSR count). The molecule has 1 aromatic carbocycles. The molecule has 0 aliphatic rings. The average Bonchev–Trinajstić information content (AvgIpc) is 3.09. The van der Waals surface area contributed by atoms with Crippen LogP contribution in [0.2, 0.25) is 0 Å². The normalized spacial score (nSPS) is 11.6. The summed E-state index contributed by atoms with van der Waals surface area (Å²) in [7, 11) is 3.33. The third-order valence-corrected chi connectivity index (χ3v) is 5.49. The Kier molecular flexibility index (Phi) is 7.72. The number of aromatic nitrogens is 1. The van der Waals surface area contributed by atoms with Gasteiger partial charge in [0.2, 0.25) is 5.91 Å². The number of nitrogens with zero attached hydrogens (tertiary/aromatic N) is 3. The quantitative estimate of drug-likeness (QED) is 0.445. The van der Waals surface area contributed by atoms with Crippen LogP contribution in [0.3, 0.4) is 0 Å². The Hall–Kier alpha value is -2.94. The predicted octanol–water partition coefficient (Wildman–Crippen LogP) is 1.60. The van der Waals surface area contributed by atoms with E-state index in [0.717, 1.165) is 29.1 Å². The molecule has 5 N–H and O–H groups in total. The van der Waals surface area contributed by atoms with Gasteiger partial charge in [-0.05, 0) is 43.9 Å². The lowest BCUT2D eigenvalue weighted by Gasteiger charge is -2.17. The van der Waals surface area contributed by atoms with Gasteiger partial charge >= 0.3 is 0 Å². The number of nitrogens with one attached hydrogen (secondary N) is 1. The predicted molar refractivity (Wildman–Crippen MR) is 116 cm³/mol. The number of hydrogen-bond donors (Lipinski definition) is 3. The summed E-state index contributed by atoms with van der Waals surface area (Å²) in [6.45, 7) is 3.69. The fourth-order valence-corrected chi connectivity index (χ4v) is 3.71. The highest BCUT2D eigenvalue weighted by atomic mass is 32.1. The lowest BCUT2D eigenvalue weighted by molar-refractivity contribution is -0.130. The van der Waals surface area contributed by atoms with E-state index >= 15 is 0 Å². The summed E-state index contributed by atoms with van der Waals surface area (Å²) >= 11 is 1.38. The molecule has 0 aliphatic carbocycles. The molecule has 0 fully saturated rings. The third kappa shape index (κ3) is 6.28. The van der Waals surface area contributed by atoms with Gasteiger partial charge in [-0.15, -0.1) is 11.3 Å². The van der Waals surface area contributed by atoms with Crippen molar-refractivity contribution in [3.63, 3.8) is 0 Å². The van der Waals surface area contributed by atoms with Crippen molar-refractivity contribution < 1.29 is 9.59 Å². The zero-order valence-electron chi connectivity index (χ0n) is 17.2. The molecule has 156 valence electrons.